The zero-order valence-electron chi connectivity index (χ0n) is 12.2. The molecule has 3 rings (SSSR count). The van der Waals surface area contributed by atoms with Gasteiger partial charge in [0.25, 0.3) is 10.0 Å². The van der Waals surface area contributed by atoms with Crippen LogP contribution in [0.4, 0.5) is 5.69 Å². The second-order valence-corrected chi connectivity index (χ2v) is 7.05. The summed E-state index contributed by atoms with van der Waals surface area (Å²) >= 11 is 6.06. The van der Waals surface area contributed by atoms with E-state index in [9.17, 15) is 13.2 Å². The maximum absolute atomic E-state index is 12.7. The molecular weight excluding hydrogens is 350 g/mol. The Morgan fingerprint density at radius 2 is 1.79 bits per heavy atom. The molecule has 1 aromatic heterocycles. The topological polar surface area (TPSA) is 102 Å². The highest BCUT2D eigenvalue weighted by Crippen LogP contribution is 2.28. The normalized spacial score (nSPS) is 11.4. The van der Waals surface area contributed by atoms with E-state index in [0.29, 0.717) is 27.2 Å². The Balaban J connectivity index is 2.02. The van der Waals surface area contributed by atoms with Crippen LogP contribution in [0.1, 0.15) is 10.4 Å². The summed E-state index contributed by atoms with van der Waals surface area (Å²) in [6, 6.07) is 12.0. The van der Waals surface area contributed by atoms with Crippen LogP contribution in [0.5, 0.6) is 0 Å². The van der Waals surface area contributed by atoms with Gasteiger partial charge in [0.2, 0.25) is 5.91 Å². The number of benzene rings is 2. The number of halogens is 1. The number of amides is 1. The van der Waals surface area contributed by atoms with E-state index in [2.05, 4.69) is 9.71 Å². The highest BCUT2D eigenvalue weighted by molar-refractivity contribution is 7.93. The number of carbonyl (C=O) groups excluding carboxylic acids is 1. The van der Waals surface area contributed by atoms with E-state index in [0.717, 1.165) is 0 Å². The first-order chi connectivity index (χ1) is 11.4. The third-order valence-electron chi connectivity index (χ3n) is 3.39. The first kappa shape index (κ1) is 16.2. The SMILES string of the molecule is NC(=O)c1ccc(NS(=O)(=O)c2ccc(Cl)c3ncccc23)cc1. The van der Waals surface area contributed by atoms with E-state index in [-0.39, 0.29) is 4.90 Å². The minimum Gasteiger partial charge on any atom is -0.366 e. The lowest BCUT2D eigenvalue weighted by Crippen LogP contribution is -2.14. The molecular formula is C16H12ClN3O3S. The second kappa shape index (κ2) is 6.10. The Morgan fingerprint density at radius 3 is 2.46 bits per heavy atom. The summed E-state index contributed by atoms with van der Waals surface area (Å²) in [7, 11) is -3.85. The molecule has 1 amide bonds. The first-order valence-corrected chi connectivity index (χ1v) is 8.70. The summed E-state index contributed by atoms with van der Waals surface area (Å²) < 4.78 is 27.8. The molecule has 0 radical (unpaired) electrons. The standard InChI is InChI=1S/C16H12ClN3O3S/c17-13-7-8-14(12-2-1-9-19-15(12)13)24(22,23)20-11-5-3-10(4-6-11)16(18)21/h1-9,20H,(H2,18,21). The number of anilines is 1. The molecule has 2 aromatic carbocycles. The fourth-order valence-electron chi connectivity index (χ4n) is 2.26. The maximum Gasteiger partial charge on any atom is 0.262 e. The molecule has 24 heavy (non-hydrogen) atoms. The molecule has 6 nitrogen and oxygen atoms in total. The molecule has 1 heterocycles. The van der Waals surface area contributed by atoms with Gasteiger partial charge in [0, 0.05) is 22.8 Å². The van der Waals surface area contributed by atoms with Crippen molar-refractivity contribution in [1.29, 1.82) is 0 Å². The van der Waals surface area contributed by atoms with E-state index in [1.165, 1.54) is 36.4 Å². The molecule has 0 unspecified atom stereocenters. The number of rotatable bonds is 4. The Hall–Kier alpha value is -2.64. The van der Waals surface area contributed by atoms with Crippen LogP contribution in [0.2, 0.25) is 5.02 Å². The fourth-order valence-corrected chi connectivity index (χ4v) is 3.73. The third-order valence-corrected chi connectivity index (χ3v) is 5.14. The summed E-state index contributed by atoms with van der Waals surface area (Å²) in [5, 5.41) is 0.793. The van der Waals surface area contributed by atoms with Crippen molar-refractivity contribution >= 4 is 44.1 Å². The van der Waals surface area contributed by atoms with E-state index in [1.807, 2.05) is 0 Å². The molecule has 0 spiro atoms. The smallest absolute Gasteiger partial charge is 0.262 e. The van der Waals surface area contributed by atoms with Crippen LogP contribution in [0.3, 0.4) is 0 Å². The predicted octanol–water partition coefficient (Wildman–Crippen LogP) is 2.79. The molecule has 122 valence electrons. The third kappa shape index (κ3) is 3.04. The van der Waals surface area contributed by atoms with Gasteiger partial charge in [-0.15, -0.1) is 0 Å². The fraction of sp³-hybridized carbons (Fsp3) is 0. The summed E-state index contributed by atoms with van der Waals surface area (Å²) in [6.07, 6.45) is 1.54. The second-order valence-electron chi connectivity index (χ2n) is 4.99. The number of aromatic nitrogens is 1. The van der Waals surface area contributed by atoms with E-state index < -0.39 is 15.9 Å². The quantitative estimate of drug-likeness (QED) is 0.745. The average molecular weight is 362 g/mol. The van der Waals surface area contributed by atoms with Crippen molar-refractivity contribution in [3.63, 3.8) is 0 Å². The summed E-state index contributed by atoms with van der Waals surface area (Å²) in [5.74, 6) is -0.584. The average Bonchev–Trinajstić information content (AvgIpc) is 2.55. The van der Waals surface area contributed by atoms with Crippen molar-refractivity contribution in [2.75, 3.05) is 4.72 Å². The number of carbonyl (C=O) groups is 1. The number of nitrogens with two attached hydrogens (primary N) is 1. The Morgan fingerprint density at radius 1 is 1.08 bits per heavy atom. The Kier molecular flexibility index (Phi) is 4.13. The molecule has 0 fully saturated rings. The molecule has 0 saturated carbocycles. The molecule has 0 aliphatic rings. The zero-order valence-corrected chi connectivity index (χ0v) is 13.8. The molecule has 0 bridgehead atoms. The van der Waals surface area contributed by atoms with Crippen LogP contribution >= 0.6 is 11.6 Å². The van der Waals surface area contributed by atoms with Crippen LogP contribution in [0.15, 0.2) is 59.6 Å². The van der Waals surface area contributed by atoms with Gasteiger partial charge in [-0.05, 0) is 48.5 Å². The predicted molar refractivity (Wildman–Crippen MR) is 92.5 cm³/mol. The van der Waals surface area contributed by atoms with Crippen LogP contribution in [0, 0.1) is 0 Å². The molecule has 0 aliphatic carbocycles. The number of pyridine rings is 1. The summed E-state index contributed by atoms with van der Waals surface area (Å²) in [4.78, 5) is 15.2. The van der Waals surface area contributed by atoms with Gasteiger partial charge >= 0.3 is 0 Å². The summed E-state index contributed by atoms with van der Waals surface area (Å²) in [5.41, 5.74) is 6.17. The number of nitrogens with zero attached hydrogens (tertiary/aromatic N) is 1. The zero-order chi connectivity index (χ0) is 17.3. The van der Waals surface area contributed by atoms with Crippen LogP contribution in [-0.2, 0) is 10.0 Å². The van der Waals surface area contributed by atoms with Crippen molar-refractivity contribution in [3.05, 3.63) is 65.3 Å². The van der Waals surface area contributed by atoms with Gasteiger partial charge in [-0.1, -0.05) is 11.6 Å². The van der Waals surface area contributed by atoms with Gasteiger partial charge in [0.1, 0.15) is 0 Å². The molecule has 0 atom stereocenters. The monoisotopic (exact) mass is 361 g/mol. The number of nitrogens with one attached hydrogen (secondary N) is 1. The Bertz CT molecular complexity index is 1030. The van der Waals surface area contributed by atoms with Gasteiger partial charge in [-0.3, -0.25) is 14.5 Å². The minimum atomic E-state index is -3.85. The van der Waals surface area contributed by atoms with Crippen molar-refractivity contribution in [2.24, 2.45) is 5.73 Å². The van der Waals surface area contributed by atoms with Gasteiger partial charge in [-0.2, -0.15) is 0 Å². The minimum absolute atomic E-state index is 0.0639. The molecule has 8 heteroatoms. The first-order valence-electron chi connectivity index (χ1n) is 6.84. The number of primary amides is 1. The molecule has 0 saturated heterocycles. The largest absolute Gasteiger partial charge is 0.366 e. The molecule has 3 N–H and O–H groups in total. The van der Waals surface area contributed by atoms with E-state index in [1.54, 1.807) is 18.3 Å². The van der Waals surface area contributed by atoms with Crippen LogP contribution < -0.4 is 10.5 Å². The maximum atomic E-state index is 12.7. The summed E-state index contributed by atoms with van der Waals surface area (Å²) in [6.45, 7) is 0. The number of fused-ring (bicyclic) bond motifs is 1. The number of hydrogen-bond acceptors (Lipinski definition) is 4. The van der Waals surface area contributed by atoms with Crippen LogP contribution in [0.25, 0.3) is 10.9 Å². The van der Waals surface area contributed by atoms with Gasteiger partial charge < -0.3 is 5.73 Å². The highest BCUT2D eigenvalue weighted by Gasteiger charge is 2.19. The number of hydrogen-bond donors (Lipinski definition) is 2. The van der Waals surface area contributed by atoms with E-state index in [4.69, 9.17) is 17.3 Å². The van der Waals surface area contributed by atoms with Gasteiger partial charge in [-0.25, -0.2) is 8.42 Å². The lowest BCUT2D eigenvalue weighted by atomic mass is 10.2. The highest BCUT2D eigenvalue weighted by atomic mass is 35.5. The van der Waals surface area contributed by atoms with Gasteiger partial charge in [0.15, 0.2) is 0 Å². The van der Waals surface area contributed by atoms with E-state index >= 15 is 0 Å². The van der Waals surface area contributed by atoms with Crippen molar-refractivity contribution < 1.29 is 13.2 Å². The van der Waals surface area contributed by atoms with Crippen molar-refractivity contribution in [1.82, 2.24) is 4.98 Å². The lowest BCUT2D eigenvalue weighted by molar-refractivity contribution is 0.100. The van der Waals surface area contributed by atoms with Gasteiger partial charge in [0.05, 0.1) is 15.4 Å². The van der Waals surface area contributed by atoms with Crippen molar-refractivity contribution in [2.45, 2.75) is 4.90 Å². The Labute approximate surface area is 143 Å². The van der Waals surface area contributed by atoms with Crippen LogP contribution in [-0.4, -0.2) is 19.3 Å². The van der Waals surface area contributed by atoms with Crippen molar-refractivity contribution in [3.8, 4) is 0 Å². The lowest BCUT2D eigenvalue weighted by Gasteiger charge is -2.11. The number of sulfonamides is 1. The molecule has 0 aliphatic heterocycles. The molecule has 3 aromatic rings.